The lowest BCUT2D eigenvalue weighted by atomic mass is 9.80. The van der Waals surface area contributed by atoms with Gasteiger partial charge in [0.1, 0.15) is 0 Å². The standard InChI is InChI=1S/C12H22N2OS/c13-12(5-2-1-3-6-12)8-11(15)14-10-4-7-16-9-10/h10H,1-9,13H2,(H,14,15). The van der Waals surface area contributed by atoms with Crippen LogP contribution in [0.15, 0.2) is 0 Å². The molecule has 1 atom stereocenters. The van der Waals surface area contributed by atoms with E-state index >= 15 is 0 Å². The topological polar surface area (TPSA) is 55.1 Å². The maximum atomic E-state index is 11.9. The van der Waals surface area contributed by atoms with E-state index in [-0.39, 0.29) is 11.4 Å². The largest absolute Gasteiger partial charge is 0.352 e. The third-order valence-electron chi connectivity index (χ3n) is 3.66. The molecule has 1 heterocycles. The number of hydrogen-bond donors (Lipinski definition) is 2. The minimum Gasteiger partial charge on any atom is -0.352 e. The molecule has 2 rings (SSSR count). The normalized spacial score (nSPS) is 28.9. The Balaban J connectivity index is 1.76. The van der Waals surface area contributed by atoms with E-state index in [0.717, 1.165) is 25.0 Å². The lowest BCUT2D eigenvalue weighted by Crippen LogP contribution is -2.47. The summed E-state index contributed by atoms with van der Waals surface area (Å²) in [6.45, 7) is 0. The van der Waals surface area contributed by atoms with Crippen LogP contribution in [0.25, 0.3) is 0 Å². The van der Waals surface area contributed by atoms with Gasteiger partial charge in [-0.05, 0) is 25.0 Å². The second-order valence-corrected chi connectivity index (χ2v) is 6.38. The van der Waals surface area contributed by atoms with Crippen LogP contribution in [0.2, 0.25) is 0 Å². The van der Waals surface area contributed by atoms with E-state index < -0.39 is 0 Å². The molecule has 0 radical (unpaired) electrons. The molecule has 1 aliphatic heterocycles. The second kappa shape index (κ2) is 5.41. The molecule has 0 spiro atoms. The molecule has 1 unspecified atom stereocenters. The maximum Gasteiger partial charge on any atom is 0.222 e. The Hall–Kier alpha value is -0.220. The van der Waals surface area contributed by atoms with Crippen molar-refractivity contribution in [2.75, 3.05) is 11.5 Å². The third-order valence-corrected chi connectivity index (χ3v) is 4.82. The molecule has 1 saturated heterocycles. The van der Waals surface area contributed by atoms with Crippen LogP contribution in [0.5, 0.6) is 0 Å². The van der Waals surface area contributed by atoms with Crippen molar-refractivity contribution < 1.29 is 4.79 Å². The summed E-state index contributed by atoms with van der Waals surface area (Å²) in [6, 6.07) is 0.393. The van der Waals surface area contributed by atoms with Gasteiger partial charge < -0.3 is 11.1 Å². The van der Waals surface area contributed by atoms with E-state index in [4.69, 9.17) is 5.73 Å². The van der Waals surface area contributed by atoms with Crippen LogP contribution in [-0.2, 0) is 4.79 Å². The van der Waals surface area contributed by atoms with Crippen LogP contribution in [-0.4, -0.2) is 29.0 Å². The molecule has 3 N–H and O–H groups in total. The first kappa shape index (κ1) is 12.2. The molecule has 0 aromatic carbocycles. The van der Waals surface area contributed by atoms with Gasteiger partial charge in [0.05, 0.1) is 0 Å². The molecule has 0 bridgehead atoms. The van der Waals surface area contributed by atoms with Gasteiger partial charge in [-0.15, -0.1) is 0 Å². The number of amides is 1. The third kappa shape index (κ3) is 3.39. The Morgan fingerprint density at radius 1 is 1.38 bits per heavy atom. The minimum absolute atomic E-state index is 0.164. The first-order chi connectivity index (χ1) is 7.68. The summed E-state index contributed by atoms with van der Waals surface area (Å²) >= 11 is 1.92. The molecule has 1 aliphatic carbocycles. The quantitative estimate of drug-likeness (QED) is 0.791. The van der Waals surface area contributed by atoms with Crippen molar-refractivity contribution in [2.45, 2.75) is 56.5 Å². The van der Waals surface area contributed by atoms with Crippen LogP contribution < -0.4 is 11.1 Å². The van der Waals surface area contributed by atoms with Crippen molar-refractivity contribution in [3.8, 4) is 0 Å². The Morgan fingerprint density at radius 3 is 2.75 bits per heavy atom. The second-order valence-electron chi connectivity index (χ2n) is 5.23. The van der Waals surface area contributed by atoms with Crippen LogP contribution in [0.3, 0.4) is 0 Å². The molecule has 0 aromatic rings. The van der Waals surface area contributed by atoms with Crippen LogP contribution in [0, 0.1) is 0 Å². The van der Waals surface area contributed by atoms with E-state index in [2.05, 4.69) is 5.32 Å². The predicted octanol–water partition coefficient (Wildman–Crippen LogP) is 1.66. The predicted molar refractivity (Wildman–Crippen MR) is 68.5 cm³/mol. The summed E-state index contributed by atoms with van der Waals surface area (Å²) in [5, 5.41) is 3.11. The van der Waals surface area contributed by atoms with Crippen molar-refractivity contribution in [1.82, 2.24) is 5.32 Å². The smallest absolute Gasteiger partial charge is 0.222 e. The summed E-state index contributed by atoms with van der Waals surface area (Å²) < 4.78 is 0. The number of nitrogens with one attached hydrogen (secondary N) is 1. The summed E-state index contributed by atoms with van der Waals surface area (Å²) in [7, 11) is 0. The number of rotatable bonds is 3. The molecule has 0 aromatic heterocycles. The summed E-state index contributed by atoms with van der Waals surface area (Å²) in [4.78, 5) is 11.9. The lowest BCUT2D eigenvalue weighted by molar-refractivity contribution is -0.123. The molecule has 2 fully saturated rings. The van der Waals surface area contributed by atoms with Crippen molar-refractivity contribution in [2.24, 2.45) is 5.73 Å². The Labute approximate surface area is 102 Å². The number of hydrogen-bond acceptors (Lipinski definition) is 3. The monoisotopic (exact) mass is 242 g/mol. The SMILES string of the molecule is NC1(CC(=O)NC2CCSC2)CCCCC1. The van der Waals surface area contributed by atoms with E-state index in [1.165, 1.54) is 25.0 Å². The molecular weight excluding hydrogens is 220 g/mol. The zero-order chi connectivity index (χ0) is 11.4. The van der Waals surface area contributed by atoms with Crippen LogP contribution >= 0.6 is 11.8 Å². The van der Waals surface area contributed by atoms with Crippen LogP contribution in [0.4, 0.5) is 0 Å². The van der Waals surface area contributed by atoms with Gasteiger partial charge in [0, 0.05) is 23.8 Å². The van der Waals surface area contributed by atoms with Gasteiger partial charge >= 0.3 is 0 Å². The maximum absolute atomic E-state index is 11.9. The zero-order valence-electron chi connectivity index (χ0n) is 9.84. The highest BCUT2D eigenvalue weighted by Crippen LogP contribution is 2.28. The van der Waals surface area contributed by atoms with Gasteiger partial charge in [-0.2, -0.15) is 11.8 Å². The van der Waals surface area contributed by atoms with Crippen molar-refractivity contribution in [3.63, 3.8) is 0 Å². The highest BCUT2D eigenvalue weighted by molar-refractivity contribution is 7.99. The van der Waals surface area contributed by atoms with E-state index in [1.54, 1.807) is 0 Å². The molecule has 3 nitrogen and oxygen atoms in total. The number of carbonyl (C=O) groups is 1. The Kier molecular flexibility index (Phi) is 4.14. The van der Waals surface area contributed by atoms with Gasteiger partial charge in [0.25, 0.3) is 0 Å². The van der Waals surface area contributed by atoms with Crippen molar-refractivity contribution in [1.29, 1.82) is 0 Å². The van der Waals surface area contributed by atoms with E-state index in [0.29, 0.717) is 12.5 Å². The summed E-state index contributed by atoms with van der Waals surface area (Å²) in [5.41, 5.74) is 6.05. The average Bonchev–Trinajstić information content (AvgIpc) is 2.70. The molecule has 16 heavy (non-hydrogen) atoms. The lowest BCUT2D eigenvalue weighted by Gasteiger charge is -2.33. The molecule has 1 amide bonds. The molecular formula is C12H22N2OS. The number of carbonyl (C=O) groups excluding carboxylic acids is 1. The number of thioether (sulfide) groups is 1. The van der Waals surface area contributed by atoms with E-state index in [1.807, 2.05) is 11.8 Å². The number of nitrogens with two attached hydrogens (primary N) is 1. The van der Waals surface area contributed by atoms with Gasteiger partial charge in [0.15, 0.2) is 0 Å². The highest BCUT2D eigenvalue weighted by Gasteiger charge is 2.30. The van der Waals surface area contributed by atoms with Gasteiger partial charge in [0.2, 0.25) is 5.91 Å². The zero-order valence-corrected chi connectivity index (χ0v) is 10.7. The Morgan fingerprint density at radius 2 is 2.12 bits per heavy atom. The van der Waals surface area contributed by atoms with Gasteiger partial charge in [-0.3, -0.25) is 4.79 Å². The molecule has 1 saturated carbocycles. The van der Waals surface area contributed by atoms with E-state index in [9.17, 15) is 4.79 Å². The first-order valence-electron chi connectivity index (χ1n) is 6.34. The first-order valence-corrected chi connectivity index (χ1v) is 7.49. The highest BCUT2D eigenvalue weighted by atomic mass is 32.2. The van der Waals surface area contributed by atoms with Crippen LogP contribution in [0.1, 0.15) is 44.9 Å². The fourth-order valence-electron chi connectivity index (χ4n) is 2.68. The molecule has 92 valence electrons. The molecule has 2 aliphatic rings. The van der Waals surface area contributed by atoms with Gasteiger partial charge in [-0.1, -0.05) is 19.3 Å². The van der Waals surface area contributed by atoms with Crippen molar-refractivity contribution in [3.05, 3.63) is 0 Å². The fraction of sp³-hybridized carbons (Fsp3) is 0.917. The Bertz CT molecular complexity index is 245. The fourth-order valence-corrected chi connectivity index (χ4v) is 3.83. The molecule has 4 heteroatoms. The van der Waals surface area contributed by atoms with Crippen molar-refractivity contribution >= 4 is 17.7 Å². The van der Waals surface area contributed by atoms with Gasteiger partial charge in [-0.25, -0.2) is 0 Å². The summed E-state index contributed by atoms with van der Waals surface area (Å²) in [5.74, 6) is 2.42. The minimum atomic E-state index is -0.214. The summed E-state index contributed by atoms with van der Waals surface area (Å²) in [6.07, 6.45) is 7.31. The average molecular weight is 242 g/mol.